The molecule has 2 aromatic heterocycles. The van der Waals surface area contributed by atoms with Crippen molar-refractivity contribution in [2.24, 2.45) is 0 Å². The summed E-state index contributed by atoms with van der Waals surface area (Å²) < 4.78 is 2.05. The van der Waals surface area contributed by atoms with Gasteiger partial charge in [-0.1, -0.05) is 50.7 Å². The molecule has 0 bridgehead atoms. The minimum absolute atomic E-state index is 0.0361. The Morgan fingerprint density at radius 3 is 2.31 bits per heavy atom. The number of rotatable bonds is 5. The third-order valence-corrected chi connectivity index (χ3v) is 8.81. The van der Waals surface area contributed by atoms with Crippen molar-refractivity contribution in [2.75, 3.05) is 26.2 Å². The molecule has 1 aliphatic heterocycles. The molecule has 2 aliphatic carbocycles. The van der Waals surface area contributed by atoms with Crippen molar-refractivity contribution < 1.29 is 0 Å². The number of nitrogens with one attached hydrogen (secondary N) is 1. The molecule has 2 saturated carbocycles. The van der Waals surface area contributed by atoms with Crippen molar-refractivity contribution in [3.8, 4) is 0 Å². The Hall–Kier alpha value is -2.58. The molecule has 3 aromatic rings. The second-order valence-corrected chi connectivity index (χ2v) is 11.2. The molecule has 8 nitrogen and oxygen atoms in total. The van der Waals surface area contributed by atoms with Crippen LogP contribution in [0.2, 0.25) is 0 Å². The maximum absolute atomic E-state index is 13.6. The molecule has 192 valence electrons. The molecule has 36 heavy (non-hydrogen) atoms. The van der Waals surface area contributed by atoms with Crippen LogP contribution in [0.4, 0.5) is 0 Å². The summed E-state index contributed by atoms with van der Waals surface area (Å²) in [5, 5.41) is 14.3. The highest BCUT2D eigenvalue weighted by atomic mass is 16.1. The van der Waals surface area contributed by atoms with Crippen molar-refractivity contribution in [1.29, 1.82) is 0 Å². The van der Waals surface area contributed by atoms with E-state index in [1.165, 1.54) is 51.4 Å². The number of tetrazole rings is 1. The SMILES string of the molecule is Cc1ccc2cc(C(c3nnnn3C3CCCCC3)N3CCN(C4CCCCC4)CC3)c(=O)[nH]c2c1. The molecule has 0 radical (unpaired) electrons. The fourth-order valence-corrected chi connectivity index (χ4v) is 6.81. The maximum atomic E-state index is 13.6. The second kappa shape index (κ2) is 10.4. The summed E-state index contributed by atoms with van der Waals surface area (Å²) in [7, 11) is 0. The molecular weight excluding hydrogens is 450 g/mol. The van der Waals surface area contributed by atoms with Gasteiger partial charge >= 0.3 is 0 Å². The average molecular weight is 490 g/mol. The van der Waals surface area contributed by atoms with Gasteiger partial charge in [0.15, 0.2) is 5.82 Å². The topological polar surface area (TPSA) is 82.9 Å². The predicted molar refractivity (Wildman–Crippen MR) is 141 cm³/mol. The Balaban J connectivity index is 1.36. The Morgan fingerprint density at radius 1 is 0.889 bits per heavy atom. The van der Waals surface area contributed by atoms with Gasteiger partial charge in [-0.15, -0.1) is 5.10 Å². The van der Waals surface area contributed by atoms with E-state index in [-0.39, 0.29) is 11.6 Å². The Bertz CT molecular complexity index is 1230. The van der Waals surface area contributed by atoms with Crippen molar-refractivity contribution in [3.63, 3.8) is 0 Å². The van der Waals surface area contributed by atoms with Crippen LogP contribution in [0.5, 0.6) is 0 Å². The lowest BCUT2D eigenvalue weighted by Crippen LogP contribution is -2.52. The molecule has 1 aromatic carbocycles. The molecule has 0 spiro atoms. The van der Waals surface area contributed by atoms with Gasteiger partial charge in [-0.25, -0.2) is 4.68 Å². The summed E-state index contributed by atoms with van der Waals surface area (Å²) in [4.78, 5) is 21.9. The molecule has 8 heteroatoms. The highest BCUT2D eigenvalue weighted by Crippen LogP contribution is 2.34. The van der Waals surface area contributed by atoms with E-state index < -0.39 is 0 Å². The molecular formula is C28H39N7O. The van der Waals surface area contributed by atoms with Crippen molar-refractivity contribution in [1.82, 2.24) is 35.0 Å². The van der Waals surface area contributed by atoms with Crippen LogP contribution in [0.15, 0.2) is 29.1 Å². The van der Waals surface area contributed by atoms with Gasteiger partial charge in [-0.2, -0.15) is 0 Å². The van der Waals surface area contributed by atoms with Gasteiger partial charge in [0.05, 0.1) is 6.04 Å². The summed E-state index contributed by atoms with van der Waals surface area (Å²) >= 11 is 0. The van der Waals surface area contributed by atoms with Crippen LogP contribution in [0, 0.1) is 6.92 Å². The first-order valence-electron chi connectivity index (χ1n) is 14.1. The maximum Gasteiger partial charge on any atom is 0.253 e. The van der Waals surface area contributed by atoms with Crippen LogP contribution < -0.4 is 5.56 Å². The van der Waals surface area contributed by atoms with Gasteiger partial charge in [-0.3, -0.25) is 14.6 Å². The summed E-state index contributed by atoms with van der Waals surface area (Å²) in [6.07, 6.45) is 12.7. The third-order valence-electron chi connectivity index (χ3n) is 8.81. The van der Waals surface area contributed by atoms with Crippen LogP contribution >= 0.6 is 0 Å². The summed E-state index contributed by atoms with van der Waals surface area (Å²) in [5.41, 5.74) is 2.74. The van der Waals surface area contributed by atoms with Gasteiger partial charge in [0.1, 0.15) is 6.04 Å². The van der Waals surface area contributed by atoms with Crippen molar-refractivity contribution >= 4 is 10.9 Å². The lowest BCUT2D eigenvalue weighted by molar-refractivity contribution is 0.0610. The van der Waals surface area contributed by atoms with Crippen molar-refractivity contribution in [2.45, 2.75) is 89.3 Å². The molecule has 1 atom stereocenters. The Morgan fingerprint density at radius 2 is 1.58 bits per heavy atom. The first-order valence-corrected chi connectivity index (χ1v) is 14.1. The normalized spacial score (nSPS) is 22.2. The van der Waals surface area contributed by atoms with Gasteiger partial charge in [0, 0.05) is 43.3 Å². The van der Waals surface area contributed by atoms with E-state index in [0.717, 1.165) is 72.9 Å². The van der Waals surface area contributed by atoms with Crippen LogP contribution in [0.25, 0.3) is 10.9 Å². The first-order chi connectivity index (χ1) is 17.7. The number of H-pyrrole nitrogens is 1. The monoisotopic (exact) mass is 489 g/mol. The fraction of sp³-hybridized carbons (Fsp3) is 0.643. The van der Waals surface area contributed by atoms with E-state index in [2.05, 4.69) is 60.1 Å². The van der Waals surface area contributed by atoms with Crippen LogP contribution in [-0.2, 0) is 0 Å². The first kappa shape index (κ1) is 23.8. The lowest BCUT2D eigenvalue weighted by atomic mass is 9.93. The summed E-state index contributed by atoms with van der Waals surface area (Å²) in [5.74, 6) is 0.824. The minimum atomic E-state index is -0.245. The number of pyridine rings is 1. The number of piperazine rings is 1. The van der Waals surface area contributed by atoms with Gasteiger partial charge in [0.2, 0.25) is 0 Å². The largest absolute Gasteiger partial charge is 0.322 e. The van der Waals surface area contributed by atoms with E-state index in [0.29, 0.717) is 6.04 Å². The summed E-state index contributed by atoms with van der Waals surface area (Å²) in [6.45, 7) is 5.97. The zero-order valence-corrected chi connectivity index (χ0v) is 21.5. The smallest absolute Gasteiger partial charge is 0.253 e. The molecule has 1 N–H and O–H groups in total. The highest BCUT2D eigenvalue weighted by molar-refractivity contribution is 5.79. The van der Waals surface area contributed by atoms with Gasteiger partial charge < -0.3 is 4.98 Å². The van der Waals surface area contributed by atoms with Crippen molar-refractivity contribution in [3.05, 3.63) is 51.6 Å². The second-order valence-electron chi connectivity index (χ2n) is 11.2. The number of benzene rings is 1. The lowest BCUT2D eigenvalue weighted by Gasteiger charge is -2.43. The predicted octanol–water partition coefficient (Wildman–Crippen LogP) is 4.37. The Labute approximate surface area is 213 Å². The molecule has 0 amide bonds. The highest BCUT2D eigenvalue weighted by Gasteiger charge is 2.35. The Kier molecular flexibility index (Phi) is 6.89. The molecule has 3 heterocycles. The van der Waals surface area contributed by atoms with E-state index in [1.807, 2.05) is 6.07 Å². The fourth-order valence-electron chi connectivity index (χ4n) is 6.81. The quantitative estimate of drug-likeness (QED) is 0.573. The van der Waals surface area contributed by atoms with E-state index in [1.54, 1.807) is 0 Å². The number of aryl methyl sites for hydroxylation is 1. The number of hydrogen-bond donors (Lipinski definition) is 1. The van der Waals surface area contributed by atoms with Crippen LogP contribution in [0.3, 0.4) is 0 Å². The molecule has 1 unspecified atom stereocenters. The average Bonchev–Trinajstić information content (AvgIpc) is 3.40. The number of aromatic amines is 1. The zero-order valence-electron chi connectivity index (χ0n) is 21.5. The third kappa shape index (κ3) is 4.73. The zero-order chi connectivity index (χ0) is 24.5. The van der Waals surface area contributed by atoms with Gasteiger partial charge in [0.25, 0.3) is 5.56 Å². The summed E-state index contributed by atoms with van der Waals surface area (Å²) in [6, 6.07) is 9.12. The number of nitrogens with zero attached hydrogens (tertiary/aromatic N) is 6. The standard InChI is InChI=1S/C28H39N7O/c1-20-12-13-21-19-24(28(36)29-25(21)18-20)26(27-30-31-32-35(27)23-10-6-3-7-11-23)34-16-14-33(15-17-34)22-8-4-2-5-9-22/h12-13,18-19,22-23,26H,2-11,14-17H2,1H3,(H,29,36). The van der Waals surface area contributed by atoms with Crippen LogP contribution in [0.1, 0.15) is 93.2 Å². The van der Waals surface area contributed by atoms with E-state index >= 15 is 0 Å². The van der Waals surface area contributed by atoms with E-state index in [9.17, 15) is 4.79 Å². The minimum Gasteiger partial charge on any atom is -0.322 e. The molecule has 1 saturated heterocycles. The number of fused-ring (bicyclic) bond motifs is 1. The molecule has 3 aliphatic rings. The van der Waals surface area contributed by atoms with Gasteiger partial charge in [-0.05, 0) is 66.1 Å². The molecule has 3 fully saturated rings. The number of hydrogen-bond acceptors (Lipinski definition) is 6. The molecule has 6 rings (SSSR count). The van der Waals surface area contributed by atoms with Crippen LogP contribution in [-0.4, -0.2) is 67.2 Å². The number of aromatic nitrogens is 5. The van der Waals surface area contributed by atoms with E-state index in [4.69, 9.17) is 0 Å².